The summed E-state index contributed by atoms with van der Waals surface area (Å²) in [5.41, 5.74) is 1.72. The van der Waals surface area contributed by atoms with Crippen molar-refractivity contribution in [3.05, 3.63) is 59.0 Å². The second kappa shape index (κ2) is 6.36. The zero-order valence-corrected chi connectivity index (χ0v) is 14.7. The molecule has 0 saturated heterocycles. The molecule has 0 aliphatic rings. The van der Waals surface area contributed by atoms with Crippen LogP contribution >= 0.6 is 11.6 Å². The Morgan fingerprint density at radius 3 is 2.56 bits per heavy atom. The highest BCUT2D eigenvalue weighted by molar-refractivity contribution is 6.30. The van der Waals surface area contributed by atoms with Crippen molar-refractivity contribution in [3.8, 4) is 11.8 Å². The largest absolute Gasteiger partial charge is 0.492 e. The van der Waals surface area contributed by atoms with Crippen LogP contribution < -0.4 is 0 Å². The van der Waals surface area contributed by atoms with Gasteiger partial charge in [0, 0.05) is 11.2 Å². The molecule has 0 fully saturated rings. The van der Waals surface area contributed by atoms with Gasteiger partial charge in [0.05, 0.1) is 24.0 Å². The molecule has 4 aromatic rings. The summed E-state index contributed by atoms with van der Waals surface area (Å²) in [6, 6.07) is 7.13. The van der Waals surface area contributed by atoms with Gasteiger partial charge >= 0.3 is 5.97 Å². The predicted molar refractivity (Wildman–Crippen MR) is 96.3 cm³/mol. The Bertz CT molecular complexity index is 1150. The molecule has 3 aromatic heterocycles. The highest BCUT2D eigenvalue weighted by Gasteiger charge is 2.19. The zero-order valence-electron chi connectivity index (χ0n) is 14.0. The fraction of sp³-hybridized carbons (Fsp3) is 0.118. The third-order valence-corrected chi connectivity index (χ3v) is 4.42. The molecular formula is C17H13ClN6O3. The van der Waals surface area contributed by atoms with Gasteiger partial charge < -0.3 is 10.2 Å². The van der Waals surface area contributed by atoms with E-state index < -0.39 is 5.97 Å². The maximum Gasteiger partial charge on any atom is 0.338 e. The smallest absolute Gasteiger partial charge is 0.338 e. The molecule has 1 aromatic carbocycles. The van der Waals surface area contributed by atoms with E-state index >= 15 is 0 Å². The maximum atomic E-state index is 11.0. The van der Waals surface area contributed by atoms with Crippen LogP contribution in [-0.2, 0) is 0 Å². The molecule has 0 aliphatic carbocycles. The number of aromatic carboxylic acids is 1. The summed E-state index contributed by atoms with van der Waals surface area (Å²) < 4.78 is 2.80. The van der Waals surface area contributed by atoms with Gasteiger partial charge in [-0.2, -0.15) is 15.2 Å². The molecule has 0 aliphatic heterocycles. The van der Waals surface area contributed by atoms with Crippen LogP contribution in [0.1, 0.15) is 28.9 Å². The first-order valence-electron chi connectivity index (χ1n) is 7.92. The Kier molecular flexibility index (Phi) is 4.00. The molecule has 0 saturated carbocycles. The highest BCUT2D eigenvalue weighted by Crippen LogP contribution is 2.28. The number of rotatable bonds is 4. The van der Waals surface area contributed by atoms with Crippen molar-refractivity contribution in [2.45, 2.75) is 13.0 Å². The van der Waals surface area contributed by atoms with Crippen molar-refractivity contribution in [1.29, 1.82) is 0 Å². The minimum absolute atomic E-state index is 0.00903. The number of fused-ring (bicyclic) bond motifs is 1. The summed E-state index contributed by atoms with van der Waals surface area (Å²) in [4.78, 5) is 19.4. The normalized spacial score (nSPS) is 12.4. The average Bonchev–Trinajstić information content (AvgIpc) is 3.29. The highest BCUT2D eigenvalue weighted by atomic mass is 35.5. The summed E-state index contributed by atoms with van der Waals surface area (Å²) in [6.45, 7) is 1.93. The number of carbonyl (C=O) groups is 1. The van der Waals surface area contributed by atoms with Crippen LogP contribution in [0, 0.1) is 0 Å². The van der Waals surface area contributed by atoms with Gasteiger partial charge in [0.15, 0.2) is 0 Å². The molecule has 0 amide bonds. The van der Waals surface area contributed by atoms with Gasteiger partial charge in [-0.15, -0.1) is 0 Å². The van der Waals surface area contributed by atoms with E-state index in [9.17, 15) is 9.90 Å². The standard InChI is InChI=1S/C17H13ClN6O3/c1-9(10-2-4-12(18)5-3-10)24-14-13(7-20-24)21-17(22-15(14)25)23-8-11(6-19-23)16(26)27/h2-9H,1H3,(H,26,27)(H,21,22,25)/t9-/m1/s1. The van der Waals surface area contributed by atoms with Gasteiger partial charge in [-0.25, -0.2) is 14.5 Å². The fourth-order valence-electron chi connectivity index (χ4n) is 2.75. The van der Waals surface area contributed by atoms with E-state index in [1.165, 1.54) is 23.3 Å². The van der Waals surface area contributed by atoms with Gasteiger partial charge in [0.2, 0.25) is 5.88 Å². The van der Waals surface area contributed by atoms with Crippen molar-refractivity contribution >= 4 is 28.6 Å². The number of carboxylic acid groups (broad SMARTS) is 1. The van der Waals surface area contributed by atoms with Crippen LogP contribution in [0.15, 0.2) is 42.9 Å². The van der Waals surface area contributed by atoms with Gasteiger partial charge in [-0.1, -0.05) is 23.7 Å². The monoisotopic (exact) mass is 384 g/mol. The third-order valence-electron chi connectivity index (χ3n) is 4.17. The Labute approximate surface area is 157 Å². The number of aromatic hydroxyl groups is 1. The van der Waals surface area contributed by atoms with Gasteiger partial charge in [-0.3, -0.25) is 4.68 Å². The Hall–Kier alpha value is -3.46. The van der Waals surface area contributed by atoms with Gasteiger partial charge in [0.1, 0.15) is 11.0 Å². The summed E-state index contributed by atoms with van der Waals surface area (Å²) >= 11 is 5.93. The zero-order chi connectivity index (χ0) is 19.1. The van der Waals surface area contributed by atoms with Crippen LogP contribution in [-0.4, -0.2) is 45.7 Å². The van der Waals surface area contributed by atoms with Crippen LogP contribution in [0.5, 0.6) is 5.88 Å². The Morgan fingerprint density at radius 2 is 1.89 bits per heavy atom. The second-order valence-electron chi connectivity index (χ2n) is 5.88. The van der Waals surface area contributed by atoms with E-state index in [1.807, 2.05) is 19.1 Å². The summed E-state index contributed by atoms with van der Waals surface area (Å²) in [5.74, 6) is -1.34. The third kappa shape index (κ3) is 2.97. The predicted octanol–water partition coefficient (Wildman–Crippen LogP) is 2.68. The van der Waals surface area contributed by atoms with E-state index in [0.717, 1.165) is 5.56 Å². The van der Waals surface area contributed by atoms with Crippen LogP contribution in [0.25, 0.3) is 17.0 Å². The molecule has 10 heteroatoms. The molecule has 0 bridgehead atoms. The van der Waals surface area contributed by atoms with Gasteiger partial charge in [-0.05, 0) is 24.6 Å². The van der Waals surface area contributed by atoms with Crippen LogP contribution in [0.2, 0.25) is 5.02 Å². The molecule has 0 radical (unpaired) electrons. The first-order valence-corrected chi connectivity index (χ1v) is 8.30. The molecule has 136 valence electrons. The van der Waals surface area contributed by atoms with Crippen molar-refractivity contribution in [3.63, 3.8) is 0 Å². The SMILES string of the molecule is C[C@H](c1ccc(Cl)cc1)n1ncc2nc(-n3cc(C(=O)O)cn3)nc(O)c21. The van der Waals surface area contributed by atoms with E-state index in [2.05, 4.69) is 20.2 Å². The van der Waals surface area contributed by atoms with Crippen molar-refractivity contribution < 1.29 is 15.0 Å². The van der Waals surface area contributed by atoms with Crippen molar-refractivity contribution in [2.75, 3.05) is 0 Å². The van der Waals surface area contributed by atoms with E-state index in [0.29, 0.717) is 16.1 Å². The first-order chi connectivity index (χ1) is 12.9. The lowest BCUT2D eigenvalue weighted by molar-refractivity contribution is 0.0697. The lowest BCUT2D eigenvalue weighted by atomic mass is 10.1. The molecule has 0 unspecified atom stereocenters. The number of carboxylic acids is 1. The number of hydrogen-bond acceptors (Lipinski definition) is 6. The molecule has 3 heterocycles. The topological polar surface area (TPSA) is 119 Å². The molecule has 4 rings (SSSR count). The molecule has 0 spiro atoms. The van der Waals surface area contributed by atoms with E-state index in [-0.39, 0.29) is 23.4 Å². The number of aromatic nitrogens is 6. The van der Waals surface area contributed by atoms with Crippen LogP contribution in [0.3, 0.4) is 0 Å². The summed E-state index contributed by atoms with van der Waals surface area (Å²) in [6.07, 6.45) is 3.96. The van der Waals surface area contributed by atoms with Gasteiger partial charge in [0.25, 0.3) is 5.95 Å². The van der Waals surface area contributed by atoms with E-state index in [4.69, 9.17) is 16.7 Å². The van der Waals surface area contributed by atoms with E-state index in [1.54, 1.807) is 16.8 Å². The summed E-state index contributed by atoms with van der Waals surface area (Å²) in [5, 5.41) is 28.3. The minimum atomic E-state index is -1.11. The number of nitrogens with zero attached hydrogens (tertiary/aromatic N) is 6. The number of halogens is 1. The Balaban J connectivity index is 1.77. The first kappa shape index (κ1) is 17.0. The molecule has 1 atom stereocenters. The molecule has 27 heavy (non-hydrogen) atoms. The molecule has 9 nitrogen and oxygen atoms in total. The summed E-state index contributed by atoms with van der Waals surface area (Å²) in [7, 11) is 0. The number of hydrogen-bond donors (Lipinski definition) is 2. The lowest BCUT2D eigenvalue weighted by Gasteiger charge is -2.14. The number of benzene rings is 1. The minimum Gasteiger partial charge on any atom is -0.492 e. The van der Waals surface area contributed by atoms with Crippen molar-refractivity contribution in [2.24, 2.45) is 0 Å². The molecule has 2 N–H and O–H groups in total. The lowest BCUT2D eigenvalue weighted by Crippen LogP contribution is -2.09. The van der Waals surface area contributed by atoms with Crippen molar-refractivity contribution in [1.82, 2.24) is 29.5 Å². The second-order valence-corrected chi connectivity index (χ2v) is 6.31. The van der Waals surface area contributed by atoms with Crippen LogP contribution in [0.4, 0.5) is 0 Å². The quantitative estimate of drug-likeness (QED) is 0.555. The fourth-order valence-corrected chi connectivity index (χ4v) is 2.88. The molecular weight excluding hydrogens is 372 g/mol. The Morgan fingerprint density at radius 1 is 1.15 bits per heavy atom. The average molecular weight is 385 g/mol. The maximum absolute atomic E-state index is 11.0.